The van der Waals surface area contributed by atoms with Crippen LogP contribution in [0.3, 0.4) is 0 Å². The molecule has 0 spiro atoms. The third kappa shape index (κ3) is 1.75. The van der Waals surface area contributed by atoms with E-state index in [-0.39, 0.29) is 18.9 Å². The summed E-state index contributed by atoms with van der Waals surface area (Å²) in [5, 5.41) is 11.2. The van der Waals surface area contributed by atoms with Gasteiger partial charge in [-0.15, -0.1) is 0 Å². The molecular formula is C13H15NO4. The van der Waals surface area contributed by atoms with Gasteiger partial charge in [-0.2, -0.15) is 0 Å². The van der Waals surface area contributed by atoms with Crippen LogP contribution in [0.25, 0.3) is 0 Å². The van der Waals surface area contributed by atoms with Crippen molar-refractivity contribution in [2.75, 3.05) is 6.61 Å². The van der Waals surface area contributed by atoms with Crippen molar-refractivity contribution in [1.82, 2.24) is 0 Å². The van der Waals surface area contributed by atoms with E-state index in [1.807, 2.05) is 31.2 Å². The molecule has 1 aromatic rings. The Bertz CT molecular complexity index is 500. The largest absolute Gasteiger partial charge is 0.461 e. The van der Waals surface area contributed by atoms with Crippen LogP contribution in [0.4, 0.5) is 0 Å². The number of carbonyl (C=O) groups is 1. The van der Waals surface area contributed by atoms with Crippen LogP contribution < -0.4 is 0 Å². The molecule has 0 amide bonds. The molecule has 96 valence electrons. The van der Waals surface area contributed by atoms with Crippen LogP contribution >= 0.6 is 0 Å². The van der Waals surface area contributed by atoms with E-state index in [2.05, 4.69) is 0 Å². The molecule has 0 aliphatic heterocycles. The molecule has 0 heterocycles. The van der Waals surface area contributed by atoms with Gasteiger partial charge >= 0.3 is 11.5 Å². The molecule has 18 heavy (non-hydrogen) atoms. The number of hydrogen-bond acceptors (Lipinski definition) is 4. The van der Waals surface area contributed by atoms with Crippen molar-refractivity contribution in [3.05, 3.63) is 45.5 Å². The highest BCUT2D eigenvalue weighted by molar-refractivity contribution is 5.85. The molecule has 2 atom stereocenters. The van der Waals surface area contributed by atoms with Gasteiger partial charge in [-0.05, 0) is 25.0 Å². The quantitative estimate of drug-likeness (QED) is 0.465. The molecule has 1 aliphatic rings. The van der Waals surface area contributed by atoms with Gasteiger partial charge in [0.2, 0.25) is 0 Å². The molecule has 2 rings (SSSR count). The molecular weight excluding hydrogens is 234 g/mol. The summed E-state index contributed by atoms with van der Waals surface area (Å²) in [4.78, 5) is 22.5. The molecule has 0 radical (unpaired) electrons. The highest BCUT2D eigenvalue weighted by Crippen LogP contribution is 2.55. The molecule has 0 unspecified atom stereocenters. The fraction of sp³-hybridized carbons (Fsp3) is 0.462. The second-order valence-corrected chi connectivity index (χ2v) is 4.52. The van der Waals surface area contributed by atoms with Crippen LogP contribution in [0.2, 0.25) is 0 Å². The standard InChI is InChI=1S/C13H15NO4/c1-3-18-12(15)13(14(16)17)8-11(13)10-7-5-4-6-9(10)2/h4-7,11H,3,8H2,1-2H3/t11-,13-/m0/s1. The number of carbonyl (C=O) groups excluding carboxylic acids is 1. The lowest BCUT2D eigenvalue weighted by Gasteiger charge is -2.09. The van der Waals surface area contributed by atoms with Gasteiger partial charge in [0.25, 0.3) is 0 Å². The molecule has 0 aromatic heterocycles. The van der Waals surface area contributed by atoms with Gasteiger partial charge in [-0.1, -0.05) is 24.3 Å². The first-order valence-corrected chi connectivity index (χ1v) is 5.91. The van der Waals surface area contributed by atoms with Crippen molar-refractivity contribution in [3.63, 3.8) is 0 Å². The minimum absolute atomic E-state index is 0.162. The maximum Gasteiger partial charge on any atom is 0.385 e. The third-order valence-corrected chi connectivity index (χ3v) is 3.45. The fourth-order valence-corrected chi connectivity index (χ4v) is 2.36. The topological polar surface area (TPSA) is 69.4 Å². The van der Waals surface area contributed by atoms with Crippen LogP contribution in [0.5, 0.6) is 0 Å². The number of nitro groups is 1. The van der Waals surface area contributed by atoms with Crippen LogP contribution in [0.15, 0.2) is 24.3 Å². The van der Waals surface area contributed by atoms with Crippen molar-refractivity contribution < 1.29 is 14.5 Å². The van der Waals surface area contributed by atoms with Crippen molar-refractivity contribution >= 4 is 5.97 Å². The monoisotopic (exact) mass is 249 g/mol. The van der Waals surface area contributed by atoms with E-state index in [0.717, 1.165) is 11.1 Å². The first-order chi connectivity index (χ1) is 8.54. The van der Waals surface area contributed by atoms with Crippen LogP contribution in [-0.4, -0.2) is 23.0 Å². The lowest BCUT2D eigenvalue weighted by Crippen LogP contribution is -2.35. The Labute approximate surface area is 105 Å². The SMILES string of the molecule is CCOC(=O)[C@]1([N+](=O)[O-])C[C@H]1c1ccccc1C. The minimum Gasteiger partial charge on any atom is -0.461 e. The van der Waals surface area contributed by atoms with E-state index in [0.29, 0.717) is 0 Å². The lowest BCUT2D eigenvalue weighted by atomic mass is 10.0. The van der Waals surface area contributed by atoms with Gasteiger partial charge in [-0.25, -0.2) is 4.79 Å². The molecule has 0 N–H and O–H groups in total. The zero-order chi connectivity index (χ0) is 13.3. The summed E-state index contributed by atoms with van der Waals surface area (Å²) in [5.74, 6) is -1.09. The maximum absolute atomic E-state index is 11.8. The summed E-state index contributed by atoms with van der Waals surface area (Å²) >= 11 is 0. The zero-order valence-electron chi connectivity index (χ0n) is 10.4. The van der Waals surface area contributed by atoms with E-state index >= 15 is 0 Å². The van der Waals surface area contributed by atoms with Crippen LogP contribution in [0, 0.1) is 17.0 Å². The normalized spacial score (nSPS) is 25.6. The van der Waals surface area contributed by atoms with E-state index in [9.17, 15) is 14.9 Å². The Hall–Kier alpha value is -1.91. The van der Waals surface area contributed by atoms with Gasteiger partial charge in [0.1, 0.15) is 0 Å². The van der Waals surface area contributed by atoms with Gasteiger partial charge in [0.15, 0.2) is 0 Å². The number of hydrogen-bond donors (Lipinski definition) is 0. The summed E-state index contributed by atoms with van der Waals surface area (Å²) in [6.07, 6.45) is 0.226. The number of rotatable bonds is 4. The third-order valence-electron chi connectivity index (χ3n) is 3.45. The van der Waals surface area contributed by atoms with Crippen LogP contribution in [0.1, 0.15) is 30.4 Å². The average molecular weight is 249 g/mol. The van der Waals surface area contributed by atoms with Crippen LogP contribution in [-0.2, 0) is 9.53 Å². The molecule has 0 saturated heterocycles. The Balaban J connectivity index is 2.31. The second kappa shape index (κ2) is 4.40. The summed E-state index contributed by atoms with van der Waals surface area (Å²) < 4.78 is 4.84. The number of aryl methyl sites for hydroxylation is 1. The summed E-state index contributed by atoms with van der Waals surface area (Å²) in [6.45, 7) is 3.70. The fourth-order valence-electron chi connectivity index (χ4n) is 2.36. The summed E-state index contributed by atoms with van der Waals surface area (Å²) in [6, 6.07) is 7.43. The van der Waals surface area contributed by atoms with E-state index in [1.54, 1.807) is 6.92 Å². The van der Waals surface area contributed by atoms with Crippen molar-refractivity contribution in [3.8, 4) is 0 Å². The molecule has 0 bridgehead atoms. The Morgan fingerprint density at radius 2 is 2.22 bits per heavy atom. The zero-order valence-corrected chi connectivity index (χ0v) is 10.4. The predicted molar refractivity (Wildman–Crippen MR) is 64.9 cm³/mol. The van der Waals surface area contributed by atoms with E-state index in [1.165, 1.54) is 0 Å². The van der Waals surface area contributed by atoms with Crippen molar-refractivity contribution in [2.24, 2.45) is 0 Å². The first-order valence-electron chi connectivity index (χ1n) is 5.91. The Kier molecular flexibility index (Phi) is 3.07. The lowest BCUT2D eigenvalue weighted by molar-refractivity contribution is -0.527. The highest BCUT2D eigenvalue weighted by Gasteiger charge is 2.74. The molecule has 1 fully saturated rings. The summed E-state index contributed by atoms with van der Waals surface area (Å²) in [7, 11) is 0. The van der Waals surface area contributed by atoms with Crippen molar-refractivity contribution in [2.45, 2.75) is 31.7 Å². The number of nitrogens with zero attached hydrogens (tertiary/aromatic N) is 1. The van der Waals surface area contributed by atoms with Gasteiger partial charge in [0.05, 0.1) is 12.5 Å². The molecule has 1 aromatic carbocycles. The Morgan fingerprint density at radius 3 is 2.78 bits per heavy atom. The second-order valence-electron chi connectivity index (χ2n) is 4.52. The highest BCUT2D eigenvalue weighted by atomic mass is 16.6. The predicted octanol–water partition coefficient (Wildman–Crippen LogP) is 2.06. The Morgan fingerprint density at radius 1 is 1.56 bits per heavy atom. The maximum atomic E-state index is 11.8. The molecule has 1 saturated carbocycles. The first kappa shape index (κ1) is 12.5. The molecule has 1 aliphatic carbocycles. The number of benzene rings is 1. The van der Waals surface area contributed by atoms with Crippen molar-refractivity contribution in [1.29, 1.82) is 0 Å². The van der Waals surface area contributed by atoms with Gasteiger partial charge in [-0.3, -0.25) is 10.1 Å². The molecule has 5 heteroatoms. The number of esters is 1. The molecule has 5 nitrogen and oxygen atoms in total. The minimum atomic E-state index is -1.57. The number of ether oxygens (including phenoxy) is 1. The smallest absolute Gasteiger partial charge is 0.385 e. The summed E-state index contributed by atoms with van der Waals surface area (Å²) in [5.41, 5.74) is 0.264. The van der Waals surface area contributed by atoms with Gasteiger partial charge in [0, 0.05) is 11.3 Å². The van der Waals surface area contributed by atoms with Gasteiger partial charge < -0.3 is 4.74 Å². The van der Waals surface area contributed by atoms with E-state index in [4.69, 9.17) is 4.74 Å². The van der Waals surface area contributed by atoms with E-state index < -0.39 is 16.4 Å². The average Bonchev–Trinajstić information content (AvgIpc) is 3.06.